The van der Waals surface area contributed by atoms with Crippen molar-refractivity contribution in [1.29, 1.82) is 0 Å². The van der Waals surface area contributed by atoms with Crippen LogP contribution in [0.2, 0.25) is 0 Å². The van der Waals surface area contributed by atoms with Crippen LogP contribution in [0.15, 0.2) is 60.8 Å². The Hall–Kier alpha value is -3.83. The van der Waals surface area contributed by atoms with E-state index in [1.807, 2.05) is 18.2 Å². The molecule has 0 aliphatic carbocycles. The summed E-state index contributed by atoms with van der Waals surface area (Å²) in [6, 6.07) is 14.6. The first-order chi connectivity index (χ1) is 15.2. The maximum absolute atomic E-state index is 4.79. The van der Waals surface area contributed by atoms with Crippen LogP contribution in [0.5, 0.6) is 0 Å². The van der Waals surface area contributed by atoms with Gasteiger partial charge in [-0.05, 0) is 84.6 Å². The van der Waals surface area contributed by atoms with Gasteiger partial charge in [0.25, 0.3) is 0 Å². The molecule has 3 aromatic heterocycles. The maximum Gasteiger partial charge on any atom is 0.0658 e. The summed E-state index contributed by atoms with van der Waals surface area (Å²) in [4.78, 5) is 18.7. The Bertz CT molecular complexity index is 1480. The molecule has 0 saturated heterocycles. The van der Waals surface area contributed by atoms with E-state index in [9.17, 15) is 0 Å². The van der Waals surface area contributed by atoms with Gasteiger partial charge in [0.1, 0.15) is 0 Å². The van der Waals surface area contributed by atoms with E-state index in [0.29, 0.717) is 0 Å². The number of rotatable bonds is 1. The van der Waals surface area contributed by atoms with Crippen LogP contribution in [0.25, 0.3) is 51.9 Å². The fourth-order valence-electron chi connectivity index (χ4n) is 4.04. The summed E-state index contributed by atoms with van der Waals surface area (Å²) in [6.45, 7) is 0.894. The molecule has 3 aliphatic rings. The molecule has 158 valence electrons. The summed E-state index contributed by atoms with van der Waals surface area (Å²) in [6.07, 6.45) is 14.7. The topological polar surface area (TPSA) is 60.6 Å². The first-order valence-corrected chi connectivity index (χ1v) is 10.4. The van der Waals surface area contributed by atoms with E-state index in [1.54, 1.807) is 0 Å². The molecule has 8 bridgehead atoms. The normalized spacial score (nSPS) is 14.4. The SMILES string of the molecule is CN1C=CC(c2cc3cc4nc(cc5ccc(cc6nc(cc2[nH]3)C=C6)[nH]5)C=C4)=CC1.Cl. The molecular weight excluding hydrogens is 418 g/mol. The van der Waals surface area contributed by atoms with Gasteiger partial charge < -0.3 is 14.9 Å². The van der Waals surface area contributed by atoms with Crippen molar-refractivity contribution in [2.24, 2.45) is 0 Å². The fraction of sp³-hybridized carbons (Fsp3) is 0.0769. The molecule has 6 rings (SSSR count). The van der Waals surface area contributed by atoms with Gasteiger partial charge in [-0.1, -0.05) is 6.08 Å². The molecule has 0 spiro atoms. The van der Waals surface area contributed by atoms with E-state index in [2.05, 4.69) is 88.8 Å². The van der Waals surface area contributed by atoms with Crippen LogP contribution in [-0.2, 0) is 0 Å². The van der Waals surface area contributed by atoms with E-state index >= 15 is 0 Å². The summed E-state index contributed by atoms with van der Waals surface area (Å²) < 4.78 is 0. The van der Waals surface area contributed by atoms with Gasteiger partial charge in [-0.2, -0.15) is 0 Å². The van der Waals surface area contributed by atoms with Crippen LogP contribution in [0.4, 0.5) is 0 Å². The van der Waals surface area contributed by atoms with E-state index in [4.69, 9.17) is 9.97 Å². The van der Waals surface area contributed by atoms with E-state index < -0.39 is 0 Å². The molecule has 0 saturated carbocycles. The number of hydrogen-bond acceptors (Lipinski definition) is 3. The van der Waals surface area contributed by atoms with Gasteiger partial charge >= 0.3 is 0 Å². The summed E-state index contributed by atoms with van der Waals surface area (Å²) in [5.41, 5.74) is 10.2. The van der Waals surface area contributed by atoms with Crippen LogP contribution < -0.4 is 0 Å². The number of aromatic nitrogens is 4. The lowest BCUT2D eigenvalue weighted by Gasteiger charge is -2.16. The summed E-state index contributed by atoms with van der Waals surface area (Å²) in [5.74, 6) is 0. The van der Waals surface area contributed by atoms with Gasteiger partial charge in [-0.25, -0.2) is 9.97 Å². The Labute approximate surface area is 192 Å². The van der Waals surface area contributed by atoms with Gasteiger partial charge in [0.2, 0.25) is 0 Å². The van der Waals surface area contributed by atoms with Crippen LogP contribution in [0.1, 0.15) is 28.3 Å². The van der Waals surface area contributed by atoms with Crippen molar-refractivity contribution in [3.8, 4) is 0 Å². The molecule has 6 heterocycles. The maximum atomic E-state index is 4.79. The highest BCUT2D eigenvalue weighted by Gasteiger charge is 2.10. The van der Waals surface area contributed by atoms with Crippen LogP contribution in [-0.4, -0.2) is 38.4 Å². The number of nitrogens with one attached hydrogen (secondary N) is 2. The predicted molar refractivity (Wildman–Crippen MR) is 136 cm³/mol. The molecule has 3 aliphatic heterocycles. The number of hydrogen-bond donors (Lipinski definition) is 2. The third-order valence-electron chi connectivity index (χ3n) is 5.59. The molecular formula is C26H22ClN5. The second kappa shape index (κ2) is 8.02. The Balaban J connectivity index is 0.00000216. The molecule has 0 unspecified atom stereocenters. The van der Waals surface area contributed by atoms with Crippen molar-refractivity contribution in [3.05, 3.63) is 89.2 Å². The predicted octanol–water partition coefficient (Wildman–Crippen LogP) is 5.92. The Kier molecular flexibility index (Phi) is 5.04. The Morgan fingerprint density at radius 3 is 1.91 bits per heavy atom. The molecule has 6 heteroatoms. The highest BCUT2D eigenvalue weighted by molar-refractivity contribution is 5.89. The number of allylic oxidation sites excluding steroid dienone is 2. The summed E-state index contributed by atoms with van der Waals surface area (Å²) >= 11 is 0. The van der Waals surface area contributed by atoms with Crippen molar-refractivity contribution < 1.29 is 0 Å². The molecule has 5 nitrogen and oxygen atoms in total. The second-order valence-corrected chi connectivity index (χ2v) is 8.00. The molecule has 0 amide bonds. The average molecular weight is 440 g/mol. The first kappa shape index (κ1) is 20.1. The molecule has 3 aromatic rings. The number of H-pyrrole nitrogens is 2. The number of halogens is 1. The monoisotopic (exact) mass is 439 g/mol. The number of likely N-dealkylation sites (N-methyl/N-ethyl adjacent to an activating group) is 1. The minimum Gasteiger partial charge on any atom is -0.377 e. The zero-order valence-corrected chi connectivity index (χ0v) is 18.4. The lowest BCUT2D eigenvalue weighted by molar-refractivity contribution is 0.506. The van der Waals surface area contributed by atoms with Crippen molar-refractivity contribution in [3.63, 3.8) is 0 Å². The highest BCUT2D eigenvalue weighted by Crippen LogP contribution is 2.27. The summed E-state index contributed by atoms with van der Waals surface area (Å²) in [5, 5.41) is 0. The van der Waals surface area contributed by atoms with Crippen LogP contribution in [0.3, 0.4) is 0 Å². The van der Waals surface area contributed by atoms with Crippen LogP contribution >= 0.6 is 12.4 Å². The minimum absolute atomic E-state index is 0. The highest BCUT2D eigenvalue weighted by atomic mass is 35.5. The van der Waals surface area contributed by atoms with Gasteiger partial charge in [0.05, 0.1) is 22.8 Å². The third kappa shape index (κ3) is 3.90. The largest absolute Gasteiger partial charge is 0.377 e. The first-order valence-electron chi connectivity index (χ1n) is 10.4. The molecule has 0 atom stereocenters. The van der Waals surface area contributed by atoms with Crippen molar-refractivity contribution >= 4 is 64.4 Å². The molecule has 2 N–H and O–H groups in total. The van der Waals surface area contributed by atoms with Gasteiger partial charge in [-0.15, -0.1) is 12.4 Å². The molecule has 0 aromatic carbocycles. The standard InChI is InChI=1S/C26H21N5.ClH/c1-31-10-8-17(9-11-31)25-15-24-14-22-5-4-20(28-22)12-18-2-3-19(27-18)13-21-6-7-23(29-21)16-26(25)30-24;/h2-10,12-16,27,30H,11H2,1H3;1H. The number of nitrogens with zero attached hydrogens (tertiary/aromatic N) is 3. The fourth-order valence-corrected chi connectivity index (χ4v) is 4.04. The smallest absolute Gasteiger partial charge is 0.0658 e. The van der Waals surface area contributed by atoms with Crippen molar-refractivity contribution in [2.45, 2.75) is 0 Å². The minimum atomic E-state index is 0. The second-order valence-electron chi connectivity index (χ2n) is 8.00. The molecule has 32 heavy (non-hydrogen) atoms. The van der Waals surface area contributed by atoms with Gasteiger partial charge in [-0.3, -0.25) is 0 Å². The molecule has 0 fully saturated rings. The number of aromatic amines is 2. The summed E-state index contributed by atoms with van der Waals surface area (Å²) in [7, 11) is 2.08. The third-order valence-corrected chi connectivity index (χ3v) is 5.59. The van der Waals surface area contributed by atoms with Crippen molar-refractivity contribution in [2.75, 3.05) is 13.6 Å². The average Bonchev–Trinajstić information content (AvgIpc) is 3.54. The number of fused-ring (bicyclic) bond motifs is 8. The van der Waals surface area contributed by atoms with Crippen LogP contribution in [0, 0.1) is 0 Å². The van der Waals surface area contributed by atoms with Gasteiger partial charge in [0.15, 0.2) is 0 Å². The lowest BCUT2D eigenvalue weighted by atomic mass is 10.0. The Morgan fingerprint density at radius 1 is 0.719 bits per heavy atom. The van der Waals surface area contributed by atoms with E-state index in [1.165, 1.54) is 11.1 Å². The van der Waals surface area contributed by atoms with Gasteiger partial charge in [0, 0.05) is 41.2 Å². The quantitative estimate of drug-likeness (QED) is 0.341. The van der Waals surface area contributed by atoms with E-state index in [0.717, 1.165) is 51.4 Å². The zero-order chi connectivity index (χ0) is 20.8. The van der Waals surface area contributed by atoms with E-state index in [-0.39, 0.29) is 12.4 Å². The molecule has 0 radical (unpaired) electrons. The Morgan fingerprint density at radius 2 is 1.31 bits per heavy atom. The zero-order valence-electron chi connectivity index (χ0n) is 17.5. The van der Waals surface area contributed by atoms with Crippen molar-refractivity contribution in [1.82, 2.24) is 24.8 Å². The lowest BCUT2D eigenvalue weighted by Crippen LogP contribution is -2.13.